The normalized spacial score (nSPS) is 11.8. The van der Waals surface area contributed by atoms with Crippen LogP contribution in [0.15, 0.2) is 28.7 Å². The van der Waals surface area contributed by atoms with E-state index in [4.69, 9.17) is 5.11 Å². The number of pyridine rings is 1. The van der Waals surface area contributed by atoms with Crippen molar-refractivity contribution in [1.29, 1.82) is 0 Å². The Kier molecular flexibility index (Phi) is 4.54. The Morgan fingerprint density at radius 1 is 1.35 bits per heavy atom. The van der Waals surface area contributed by atoms with Gasteiger partial charge in [0.15, 0.2) is 0 Å². The largest absolute Gasteiger partial charge is 0.391 e. The molecule has 0 saturated heterocycles. The molecule has 0 unspecified atom stereocenters. The molecule has 0 bridgehead atoms. The minimum atomic E-state index is -3.55. The van der Waals surface area contributed by atoms with Crippen molar-refractivity contribution in [2.45, 2.75) is 31.2 Å². The number of aliphatic hydroxyl groups is 1. The third kappa shape index (κ3) is 3.24. The van der Waals surface area contributed by atoms with Gasteiger partial charge < -0.3 is 5.11 Å². The molecule has 0 aromatic carbocycles. The van der Waals surface area contributed by atoms with Crippen molar-refractivity contribution in [2.75, 3.05) is 0 Å². The lowest BCUT2D eigenvalue weighted by Crippen LogP contribution is -2.22. The lowest BCUT2D eigenvalue weighted by atomic mass is 10.2. The fraction of sp³-hybridized carbons (Fsp3) is 0.308. The third-order valence-electron chi connectivity index (χ3n) is 3.00. The molecular formula is C13H16N2O3S2. The zero-order valence-corrected chi connectivity index (χ0v) is 12.9. The Balaban J connectivity index is 2.17. The maximum absolute atomic E-state index is 12.2. The van der Waals surface area contributed by atoms with Gasteiger partial charge >= 0.3 is 0 Å². The lowest BCUT2D eigenvalue weighted by molar-refractivity contribution is 0.285. The summed E-state index contributed by atoms with van der Waals surface area (Å²) in [7, 11) is -3.55. The molecule has 2 N–H and O–H groups in total. The first-order valence-corrected chi connectivity index (χ1v) is 8.33. The van der Waals surface area contributed by atoms with Gasteiger partial charge in [-0.05, 0) is 42.7 Å². The summed E-state index contributed by atoms with van der Waals surface area (Å²) in [6.07, 6.45) is 3.33. The number of aryl methyl sites for hydroxylation is 2. The van der Waals surface area contributed by atoms with Crippen molar-refractivity contribution < 1.29 is 13.5 Å². The van der Waals surface area contributed by atoms with E-state index in [2.05, 4.69) is 9.71 Å². The molecule has 2 aromatic rings. The Morgan fingerprint density at radius 2 is 2.10 bits per heavy atom. The van der Waals surface area contributed by atoms with Crippen molar-refractivity contribution >= 4 is 21.4 Å². The quantitative estimate of drug-likeness (QED) is 0.881. The van der Waals surface area contributed by atoms with Gasteiger partial charge in [-0.15, -0.1) is 11.3 Å². The molecule has 0 aliphatic rings. The van der Waals surface area contributed by atoms with Crippen LogP contribution in [0, 0.1) is 13.8 Å². The summed E-state index contributed by atoms with van der Waals surface area (Å²) in [6.45, 7) is 3.75. The van der Waals surface area contributed by atoms with Gasteiger partial charge in [0.2, 0.25) is 10.0 Å². The highest BCUT2D eigenvalue weighted by Crippen LogP contribution is 2.26. The van der Waals surface area contributed by atoms with Crippen LogP contribution in [-0.2, 0) is 23.2 Å². The smallest absolute Gasteiger partial charge is 0.250 e. The van der Waals surface area contributed by atoms with Crippen LogP contribution in [0.25, 0.3) is 0 Å². The van der Waals surface area contributed by atoms with Gasteiger partial charge in [-0.3, -0.25) is 4.98 Å². The molecule has 5 nitrogen and oxygen atoms in total. The van der Waals surface area contributed by atoms with E-state index in [-0.39, 0.29) is 17.4 Å². The Bertz CT molecular complexity index is 708. The number of aliphatic hydroxyl groups excluding tert-OH is 1. The molecule has 0 fully saturated rings. The maximum Gasteiger partial charge on any atom is 0.250 e. The molecule has 7 heteroatoms. The fourth-order valence-corrected chi connectivity index (χ4v) is 4.22. The summed E-state index contributed by atoms with van der Waals surface area (Å²) in [6, 6.07) is 3.37. The summed E-state index contributed by atoms with van der Waals surface area (Å²) >= 11 is 1.09. The van der Waals surface area contributed by atoms with Crippen LogP contribution < -0.4 is 4.72 Å². The topological polar surface area (TPSA) is 79.3 Å². The molecule has 2 rings (SSSR count). The fourth-order valence-electron chi connectivity index (χ4n) is 1.72. The van der Waals surface area contributed by atoms with Crippen LogP contribution in [0.1, 0.15) is 21.6 Å². The van der Waals surface area contributed by atoms with Gasteiger partial charge in [0.05, 0.1) is 6.61 Å². The van der Waals surface area contributed by atoms with Crippen LogP contribution in [0.4, 0.5) is 0 Å². The highest BCUT2D eigenvalue weighted by atomic mass is 32.2. The van der Waals surface area contributed by atoms with Crippen LogP contribution >= 0.6 is 11.3 Å². The monoisotopic (exact) mass is 312 g/mol. The standard InChI is InChI=1S/C13H16N2O3S2/c1-9-5-13(19-12(9)8-16)20(17,18)15-7-11-3-4-14-6-10(11)2/h3-6,15-16H,7-8H2,1-2H3. The van der Waals surface area contributed by atoms with E-state index < -0.39 is 10.0 Å². The van der Waals surface area contributed by atoms with E-state index in [1.165, 1.54) is 0 Å². The Labute approximate surface area is 122 Å². The zero-order valence-electron chi connectivity index (χ0n) is 11.3. The summed E-state index contributed by atoms with van der Waals surface area (Å²) < 4.78 is 27.2. The second-order valence-electron chi connectivity index (χ2n) is 4.46. The number of hydrogen-bond donors (Lipinski definition) is 2. The molecule has 0 atom stereocenters. The number of nitrogens with one attached hydrogen (secondary N) is 1. The molecule has 0 amide bonds. The molecule has 0 saturated carbocycles. The molecule has 2 heterocycles. The van der Waals surface area contributed by atoms with Crippen molar-refractivity contribution in [3.63, 3.8) is 0 Å². The summed E-state index contributed by atoms with van der Waals surface area (Å²) in [5, 5.41) is 9.13. The minimum absolute atomic E-state index is 0.143. The molecule has 0 aliphatic carbocycles. The molecular weight excluding hydrogens is 296 g/mol. The summed E-state index contributed by atoms with van der Waals surface area (Å²) in [5.74, 6) is 0. The van der Waals surface area contributed by atoms with E-state index in [1.807, 2.05) is 6.92 Å². The predicted molar refractivity (Wildman–Crippen MR) is 78.0 cm³/mol. The molecule has 20 heavy (non-hydrogen) atoms. The van der Waals surface area contributed by atoms with Gasteiger partial charge in [-0.25, -0.2) is 13.1 Å². The van der Waals surface area contributed by atoms with E-state index >= 15 is 0 Å². The second kappa shape index (κ2) is 6.01. The lowest BCUT2D eigenvalue weighted by Gasteiger charge is -2.06. The second-order valence-corrected chi connectivity index (χ2v) is 7.59. The highest BCUT2D eigenvalue weighted by Gasteiger charge is 2.18. The highest BCUT2D eigenvalue weighted by molar-refractivity contribution is 7.91. The zero-order chi connectivity index (χ0) is 14.8. The first-order chi connectivity index (χ1) is 9.44. The van der Waals surface area contributed by atoms with Crippen LogP contribution in [0.5, 0.6) is 0 Å². The number of nitrogens with zero attached hydrogens (tertiary/aromatic N) is 1. The SMILES string of the molecule is Cc1cnccc1CNS(=O)(=O)c1cc(C)c(CO)s1. The number of aromatic nitrogens is 1. The van der Waals surface area contributed by atoms with Gasteiger partial charge in [-0.1, -0.05) is 0 Å². The van der Waals surface area contributed by atoms with Crippen molar-refractivity contribution in [2.24, 2.45) is 0 Å². The molecule has 108 valence electrons. The Morgan fingerprint density at radius 3 is 2.70 bits per heavy atom. The van der Waals surface area contributed by atoms with E-state index in [0.29, 0.717) is 4.88 Å². The average Bonchev–Trinajstić information content (AvgIpc) is 2.80. The van der Waals surface area contributed by atoms with Crippen molar-refractivity contribution in [1.82, 2.24) is 9.71 Å². The first-order valence-electron chi connectivity index (χ1n) is 6.03. The van der Waals surface area contributed by atoms with Crippen molar-refractivity contribution in [3.8, 4) is 0 Å². The van der Waals surface area contributed by atoms with E-state index in [1.54, 1.807) is 31.5 Å². The molecule has 2 aromatic heterocycles. The predicted octanol–water partition coefficient (Wildman–Crippen LogP) is 1.73. The number of hydrogen-bond acceptors (Lipinski definition) is 5. The number of rotatable bonds is 5. The third-order valence-corrected chi connectivity index (χ3v) is 6.09. The van der Waals surface area contributed by atoms with Crippen LogP contribution in [-0.4, -0.2) is 18.5 Å². The molecule has 0 aliphatic heterocycles. The number of sulfonamides is 1. The van der Waals surface area contributed by atoms with Gasteiger partial charge in [0.25, 0.3) is 0 Å². The molecule has 0 spiro atoms. The summed E-state index contributed by atoms with van der Waals surface area (Å²) in [5.41, 5.74) is 2.62. The van der Waals surface area contributed by atoms with Gasteiger partial charge in [0, 0.05) is 23.8 Å². The van der Waals surface area contributed by atoms with Gasteiger partial charge in [-0.2, -0.15) is 0 Å². The van der Waals surface area contributed by atoms with Gasteiger partial charge in [0.1, 0.15) is 4.21 Å². The maximum atomic E-state index is 12.2. The van der Waals surface area contributed by atoms with Crippen molar-refractivity contribution in [3.05, 3.63) is 46.1 Å². The first kappa shape index (κ1) is 15.1. The van der Waals surface area contributed by atoms with E-state index in [0.717, 1.165) is 28.0 Å². The average molecular weight is 312 g/mol. The Hall–Kier alpha value is -1.28. The molecule has 0 radical (unpaired) electrons. The minimum Gasteiger partial charge on any atom is -0.391 e. The van der Waals surface area contributed by atoms with Crippen LogP contribution in [0.3, 0.4) is 0 Å². The van der Waals surface area contributed by atoms with E-state index in [9.17, 15) is 8.42 Å². The van der Waals surface area contributed by atoms with Crippen LogP contribution in [0.2, 0.25) is 0 Å². The summed E-state index contributed by atoms with van der Waals surface area (Å²) in [4.78, 5) is 4.64. The number of thiophene rings is 1.